The molecule has 0 aliphatic rings. The van der Waals surface area contributed by atoms with Crippen LogP contribution in [-0.2, 0) is 0 Å². The molecule has 0 radical (unpaired) electrons. The van der Waals surface area contributed by atoms with Crippen LogP contribution in [-0.4, -0.2) is 0 Å². The van der Waals surface area contributed by atoms with Crippen LogP contribution in [0.15, 0.2) is 72.9 Å². The summed E-state index contributed by atoms with van der Waals surface area (Å²) in [6.45, 7) is 9.68. The molecule has 0 heterocycles. The number of allylic oxidation sites excluding steroid dienone is 5. The van der Waals surface area contributed by atoms with Gasteiger partial charge in [-0.3, -0.25) is 0 Å². The van der Waals surface area contributed by atoms with Gasteiger partial charge in [0.1, 0.15) is 0 Å². The van der Waals surface area contributed by atoms with Crippen LogP contribution in [0.25, 0.3) is 6.08 Å². The highest BCUT2D eigenvalue weighted by atomic mass is 13.9. The first-order chi connectivity index (χ1) is 7.18. The average Bonchev–Trinajstić information content (AvgIpc) is 2.25. The summed E-state index contributed by atoms with van der Waals surface area (Å²) >= 11 is 0. The molecule has 0 fully saturated rings. The Morgan fingerprint density at radius 2 is 1.67 bits per heavy atom. The van der Waals surface area contributed by atoms with Crippen LogP contribution in [0.2, 0.25) is 0 Å². The fraction of sp³-hybridized carbons (Fsp3) is 0.0667. The molecule has 0 aliphatic carbocycles. The van der Waals surface area contributed by atoms with Gasteiger partial charge in [0.25, 0.3) is 0 Å². The van der Waals surface area contributed by atoms with Gasteiger partial charge >= 0.3 is 0 Å². The maximum absolute atomic E-state index is 3.93. The number of hydrogen-bond acceptors (Lipinski definition) is 0. The van der Waals surface area contributed by atoms with Crippen molar-refractivity contribution in [2.24, 2.45) is 0 Å². The summed E-state index contributed by atoms with van der Waals surface area (Å²) in [5, 5.41) is 0. The van der Waals surface area contributed by atoms with Crippen molar-refractivity contribution in [3.63, 3.8) is 0 Å². The summed E-state index contributed by atoms with van der Waals surface area (Å²) < 4.78 is 0. The lowest BCUT2D eigenvalue weighted by Gasteiger charge is -1.92. The zero-order valence-electron chi connectivity index (χ0n) is 9.11. The maximum atomic E-state index is 3.93. The van der Waals surface area contributed by atoms with E-state index >= 15 is 0 Å². The van der Waals surface area contributed by atoms with E-state index < -0.39 is 0 Å². The van der Waals surface area contributed by atoms with E-state index in [9.17, 15) is 0 Å². The molecule has 0 saturated carbocycles. The number of rotatable bonds is 4. The predicted octanol–water partition coefficient (Wildman–Crippen LogP) is 4.39. The Labute approximate surface area is 92.0 Å². The quantitative estimate of drug-likeness (QED) is 0.626. The first-order valence-corrected chi connectivity index (χ1v) is 4.94. The van der Waals surface area contributed by atoms with Crippen LogP contribution in [0.3, 0.4) is 0 Å². The molecule has 1 aromatic carbocycles. The molecule has 0 saturated heterocycles. The van der Waals surface area contributed by atoms with Gasteiger partial charge in [-0.1, -0.05) is 73.4 Å². The zero-order valence-corrected chi connectivity index (χ0v) is 9.11. The molecule has 0 aliphatic heterocycles. The monoisotopic (exact) mass is 196 g/mol. The Kier molecular flexibility index (Phi) is 4.36. The number of hydrogen-bond donors (Lipinski definition) is 0. The van der Waals surface area contributed by atoms with Gasteiger partial charge in [-0.05, 0) is 18.1 Å². The molecule has 0 bridgehead atoms. The highest BCUT2D eigenvalue weighted by Crippen LogP contribution is 2.05. The van der Waals surface area contributed by atoms with Crippen LogP contribution >= 0.6 is 0 Å². The zero-order chi connectivity index (χ0) is 11.1. The molecule has 0 heteroatoms. The van der Waals surface area contributed by atoms with E-state index in [1.165, 1.54) is 5.56 Å². The molecular formula is C15H16. The van der Waals surface area contributed by atoms with Crippen molar-refractivity contribution in [2.75, 3.05) is 0 Å². The first-order valence-electron chi connectivity index (χ1n) is 4.94. The Morgan fingerprint density at radius 1 is 1.00 bits per heavy atom. The molecule has 0 unspecified atom stereocenters. The average molecular weight is 196 g/mol. The SMILES string of the molecule is C=C(C)/C=C\C(=C)/C=C/c1ccccc1. The summed E-state index contributed by atoms with van der Waals surface area (Å²) in [7, 11) is 0. The van der Waals surface area contributed by atoms with Crippen molar-refractivity contribution in [3.8, 4) is 0 Å². The van der Waals surface area contributed by atoms with Crippen molar-refractivity contribution in [1.29, 1.82) is 0 Å². The summed E-state index contributed by atoms with van der Waals surface area (Å²) in [6, 6.07) is 10.2. The standard InChI is InChI=1S/C15H16/c1-13(2)9-10-14(3)11-12-15-7-5-4-6-8-15/h4-12H,1,3H2,2H3/b10-9-,12-11+. The first kappa shape index (κ1) is 11.3. The van der Waals surface area contributed by atoms with Crippen molar-refractivity contribution in [3.05, 3.63) is 78.4 Å². The lowest BCUT2D eigenvalue weighted by Crippen LogP contribution is -1.71. The van der Waals surface area contributed by atoms with E-state index in [-0.39, 0.29) is 0 Å². The normalized spacial score (nSPS) is 11.0. The molecule has 1 aromatic rings. The van der Waals surface area contributed by atoms with Crippen molar-refractivity contribution < 1.29 is 0 Å². The summed E-state index contributed by atoms with van der Waals surface area (Å²) in [6.07, 6.45) is 7.96. The minimum absolute atomic E-state index is 0.974. The van der Waals surface area contributed by atoms with E-state index in [1.54, 1.807) is 0 Å². The highest BCUT2D eigenvalue weighted by Gasteiger charge is 1.84. The van der Waals surface area contributed by atoms with E-state index in [2.05, 4.69) is 25.3 Å². The lowest BCUT2D eigenvalue weighted by molar-refractivity contribution is 1.55. The van der Waals surface area contributed by atoms with Crippen LogP contribution in [0.4, 0.5) is 0 Å². The van der Waals surface area contributed by atoms with Gasteiger partial charge in [0.05, 0.1) is 0 Å². The van der Waals surface area contributed by atoms with E-state index in [1.807, 2.05) is 49.4 Å². The third kappa shape index (κ3) is 4.82. The molecule has 0 amide bonds. The van der Waals surface area contributed by atoms with Gasteiger partial charge in [0.2, 0.25) is 0 Å². The van der Waals surface area contributed by atoms with Crippen LogP contribution in [0.1, 0.15) is 12.5 Å². The minimum Gasteiger partial charge on any atom is -0.0961 e. The third-order valence-corrected chi connectivity index (χ3v) is 1.87. The van der Waals surface area contributed by atoms with Crippen molar-refractivity contribution >= 4 is 6.08 Å². The van der Waals surface area contributed by atoms with Crippen molar-refractivity contribution in [2.45, 2.75) is 6.92 Å². The second-order valence-corrected chi connectivity index (χ2v) is 3.50. The molecule has 1 rings (SSSR count). The van der Waals surface area contributed by atoms with Gasteiger partial charge < -0.3 is 0 Å². The predicted molar refractivity (Wildman–Crippen MR) is 68.6 cm³/mol. The van der Waals surface area contributed by atoms with Crippen LogP contribution in [0.5, 0.6) is 0 Å². The summed E-state index contributed by atoms with van der Waals surface area (Å²) in [5.41, 5.74) is 3.19. The molecule has 76 valence electrons. The third-order valence-electron chi connectivity index (χ3n) is 1.87. The Balaban J connectivity index is 2.59. The van der Waals surface area contributed by atoms with Crippen molar-refractivity contribution in [1.82, 2.24) is 0 Å². The van der Waals surface area contributed by atoms with E-state index in [0.717, 1.165) is 11.1 Å². The second-order valence-electron chi connectivity index (χ2n) is 3.50. The molecule has 0 N–H and O–H groups in total. The van der Waals surface area contributed by atoms with Gasteiger partial charge in [-0.15, -0.1) is 0 Å². The van der Waals surface area contributed by atoms with Gasteiger partial charge in [0.15, 0.2) is 0 Å². The maximum Gasteiger partial charge on any atom is -0.0256 e. The number of benzene rings is 1. The van der Waals surface area contributed by atoms with E-state index in [4.69, 9.17) is 0 Å². The van der Waals surface area contributed by atoms with Crippen LogP contribution < -0.4 is 0 Å². The largest absolute Gasteiger partial charge is 0.0961 e. The molecule has 15 heavy (non-hydrogen) atoms. The lowest BCUT2D eigenvalue weighted by atomic mass is 10.1. The fourth-order valence-corrected chi connectivity index (χ4v) is 1.07. The molecule has 0 aromatic heterocycles. The molecule has 0 atom stereocenters. The van der Waals surface area contributed by atoms with Gasteiger partial charge in [-0.2, -0.15) is 0 Å². The minimum atomic E-state index is 0.974. The Hall–Kier alpha value is -1.82. The van der Waals surface area contributed by atoms with E-state index in [0.29, 0.717) is 0 Å². The second kappa shape index (κ2) is 5.82. The molecule has 0 spiro atoms. The van der Waals surface area contributed by atoms with Crippen LogP contribution in [0, 0.1) is 0 Å². The highest BCUT2D eigenvalue weighted by molar-refractivity contribution is 5.54. The summed E-state index contributed by atoms with van der Waals surface area (Å²) in [4.78, 5) is 0. The molecule has 0 nitrogen and oxygen atoms in total. The molecular weight excluding hydrogens is 180 g/mol. The topological polar surface area (TPSA) is 0 Å². The Morgan fingerprint density at radius 3 is 2.27 bits per heavy atom. The smallest absolute Gasteiger partial charge is 0.0256 e. The van der Waals surface area contributed by atoms with Gasteiger partial charge in [-0.25, -0.2) is 0 Å². The Bertz CT molecular complexity index is 391. The van der Waals surface area contributed by atoms with Gasteiger partial charge in [0, 0.05) is 0 Å². The summed E-state index contributed by atoms with van der Waals surface area (Å²) in [5.74, 6) is 0. The fourth-order valence-electron chi connectivity index (χ4n) is 1.07.